The Labute approximate surface area is 105 Å². The van der Waals surface area contributed by atoms with Gasteiger partial charge in [0.25, 0.3) is 0 Å². The van der Waals surface area contributed by atoms with Crippen molar-refractivity contribution in [2.75, 3.05) is 7.11 Å². The van der Waals surface area contributed by atoms with Crippen molar-refractivity contribution in [3.05, 3.63) is 52.9 Å². The normalized spacial score (nSPS) is 12.4. The molecule has 0 radical (unpaired) electrons. The number of benzene rings is 1. The van der Waals surface area contributed by atoms with Gasteiger partial charge in [0, 0.05) is 17.0 Å². The zero-order valence-electron chi connectivity index (χ0n) is 9.39. The Balaban J connectivity index is 2.23. The summed E-state index contributed by atoms with van der Waals surface area (Å²) in [5.41, 5.74) is 1.61. The van der Waals surface area contributed by atoms with Crippen molar-refractivity contribution in [2.24, 2.45) is 0 Å². The van der Waals surface area contributed by atoms with Gasteiger partial charge in [0.05, 0.1) is 25.7 Å². The Hall–Kier alpha value is -1.45. The molecule has 1 heterocycles. The standard InChI is InChI=1S/C13H13ClO3/c1-16-13-3-2-10(14)7-11(13)12(15)6-9-4-5-17-8-9/h2-5,7-8,12,15H,6H2,1H3. The fourth-order valence-corrected chi connectivity index (χ4v) is 1.89. The minimum Gasteiger partial charge on any atom is -0.496 e. The zero-order valence-corrected chi connectivity index (χ0v) is 10.1. The van der Waals surface area contributed by atoms with Crippen LogP contribution in [0.2, 0.25) is 5.02 Å². The van der Waals surface area contributed by atoms with Gasteiger partial charge in [0.1, 0.15) is 5.75 Å². The van der Waals surface area contributed by atoms with E-state index in [2.05, 4.69) is 0 Å². The van der Waals surface area contributed by atoms with Crippen LogP contribution in [0.25, 0.3) is 0 Å². The molecule has 0 aliphatic rings. The lowest BCUT2D eigenvalue weighted by molar-refractivity contribution is 0.174. The largest absolute Gasteiger partial charge is 0.496 e. The van der Waals surface area contributed by atoms with E-state index in [0.29, 0.717) is 22.8 Å². The molecule has 1 atom stereocenters. The third-order valence-corrected chi connectivity index (χ3v) is 2.79. The summed E-state index contributed by atoms with van der Waals surface area (Å²) in [5, 5.41) is 10.7. The predicted octanol–water partition coefficient (Wildman–Crippen LogP) is 3.22. The second-order valence-corrected chi connectivity index (χ2v) is 4.17. The molecule has 2 rings (SSSR count). The Bertz CT molecular complexity index is 479. The minimum absolute atomic E-state index is 0.465. The van der Waals surface area contributed by atoms with Crippen molar-refractivity contribution >= 4 is 11.6 Å². The molecule has 4 heteroatoms. The molecule has 2 aromatic rings. The monoisotopic (exact) mass is 252 g/mol. The number of furan rings is 1. The Morgan fingerprint density at radius 3 is 2.88 bits per heavy atom. The van der Waals surface area contributed by atoms with Gasteiger partial charge >= 0.3 is 0 Å². The number of ether oxygens (including phenoxy) is 1. The van der Waals surface area contributed by atoms with Gasteiger partial charge in [0.15, 0.2) is 0 Å². The van der Waals surface area contributed by atoms with Gasteiger partial charge in [0.2, 0.25) is 0 Å². The maximum atomic E-state index is 10.1. The second-order valence-electron chi connectivity index (χ2n) is 3.74. The SMILES string of the molecule is COc1ccc(Cl)cc1C(O)Cc1ccoc1. The maximum Gasteiger partial charge on any atom is 0.124 e. The Morgan fingerprint density at radius 2 is 2.24 bits per heavy atom. The van der Waals surface area contributed by atoms with Crippen molar-refractivity contribution < 1.29 is 14.3 Å². The quantitative estimate of drug-likeness (QED) is 0.909. The lowest BCUT2D eigenvalue weighted by Crippen LogP contribution is -2.03. The molecule has 90 valence electrons. The molecule has 3 nitrogen and oxygen atoms in total. The first-order valence-corrected chi connectivity index (χ1v) is 5.61. The first-order valence-electron chi connectivity index (χ1n) is 5.23. The molecule has 1 aromatic carbocycles. The van der Waals surface area contributed by atoms with Crippen LogP contribution < -0.4 is 4.74 Å². The van der Waals surface area contributed by atoms with E-state index < -0.39 is 6.10 Å². The molecule has 1 N–H and O–H groups in total. The first-order chi connectivity index (χ1) is 8.20. The molecule has 0 aliphatic carbocycles. The molecule has 1 aromatic heterocycles. The highest BCUT2D eigenvalue weighted by Gasteiger charge is 2.15. The summed E-state index contributed by atoms with van der Waals surface area (Å²) in [6.45, 7) is 0. The molecule has 0 aliphatic heterocycles. The molecular formula is C13H13ClO3. The average molecular weight is 253 g/mol. The van der Waals surface area contributed by atoms with E-state index in [4.69, 9.17) is 20.8 Å². The summed E-state index contributed by atoms with van der Waals surface area (Å²) in [5.74, 6) is 0.630. The maximum absolute atomic E-state index is 10.1. The molecule has 1 unspecified atom stereocenters. The summed E-state index contributed by atoms with van der Waals surface area (Å²) in [7, 11) is 1.57. The molecule has 0 spiro atoms. The highest BCUT2D eigenvalue weighted by Crippen LogP contribution is 2.30. The number of aliphatic hydroxyl groups is 1. The molecular weight excluding hydrogens is 240 g/mol. The summed E-state index contributed by atoms with van der Waals surface area (Å²) in [6, 6.07) is 7.01. The van der Waals surface area contributed by atoms with E-state index in [-0.39, 0.29) is 0 Å². The van der Waals surface area contributed by atoms with Gasteiger partial charge < -0.3 is 14.3 Å². The topological polar surface area (TPSA) is 42.6 Å². The van der Waals surface area contributed by atoms with E-state index in [1.807, 2.05) is 6.07 Å². The molecule has 0 saturated carbocycles. The van der Waals surface area contributed by atoms with Gasteiger partial charge in [-0.1, -0.05) is 11.6 Å². The molecule has 17 heavy (non-hydrogen) atoms. The predicted molar refractivity (Wildman–Crippen MR) is 65.4 cm³/mol. The summed E-state index contributed by atoms with van der Waals surface area (Å²) >= 11 is 5.91. The van der Waals surface area contributed by atoms with Gasteiger partial charge in [-0.25, -0.2) is 0 Å². The van der Waals surface area contributed by atoms with Gasteiger partial charge in [-0.3, -0.25) is 0 Å². The summed E-state index contributed by atoms with van der Waals surface area (Å²) in [4.78, 5) is 0. The molecule has 0 saturated heterocycles. The molecule has 0 bridgehead atoms. The van der Waals surface area contributed by atoms with Crippen LogP contribution in [0.3, 0.4) is 0 Å². The first kappa shape index (κ1) is 12.0. The highest BCUT2D eigenvalue weighted by atomic mass is 35.5. The minimum atomic E-state index is -0.666. The fraction of sp³-hybridized carbons (Fsp3) is 0.231. The van der Waals surface area contributed by atoms with Crippen LogP contribution in [-0.4, -0.2) is 12.2 Å². The van der Waals surface area contributed by atoms with E-state index in [0.717, 1.165) is 5.56 Å². The van der Waals surface area contributed by atoms with Crippen LogP contribution in [0.15, 0.2) is 41.2 Å². The zero-order chi connectivity index (χ0) is 12.3. The fourth-order valence-electron chi connectivity index (χ4n) is 1.71. The van der Waals surface area contributed by atoms with E-state index in [1.54, 1.807) is 37.8 Å². The summed E-state index contributed by atoms with van der Waals surface area (Å²) in [6.07, 6.45) is 2.99. The van der Waals surface area contributed by atoms with Crippen molar-refractivity contribution in [3.8, 4) is 5.75 Å². The second kappa shape index (κ2) is 5.25. The third-order valence-electron chi connectivity index (χ3n) is 2.56. The van der Waals surface area contributed by atoms with Crippen LogP contribution >= 0.6 is 11.6 Å². The van der Waals surface area contributed by atoms with E-state index >= 15 is 0 Å². The molecule has 0 amide bonds. The van der Waals surface area contributed by atoms with Crippen LogP contribution in [0.4, 0.5) is 0 Å². The number of methoxy groups -OCH3 is 1. The van der Waals surface area contributed by atoms with Crippen LogP contribution in [0.1, 0.15) is 17.2 Å². The van der Waals surface area contributed by atoms with Crippen LogP contribution in [0.5, 0.6) is 5.75 Å². The lowest BCUT2D eigenvalue weighted by Gasteiger charge is -2.14. The summed E-state index contributed by atoms with van der Waals surface area (Å²) < 4.78 is 10.2. The third kappa shape index (κ3) is 2.81. The van der Waals surface area contributed by atoms with Crippen molar-refractivity contribution in [2.45, 2.75) is 12.5 Å². The van der Waals surface area contributed by atoms with Gasteiger partial charge in [-0.15, -0.1) is 0 Å². The van der Waals surface area contributed by atoms with Crippen molar-refractivity contribution in [1.82, 2.24) is 0 Å². The van der Waals surface area contributed by atoms with Crippen LogP contribution in [-0.2, 0) is 6.42 Å². The Morgan fingerprint density at radius 1 is 1.41 bits per heavy atom. The number of aliphatic hydroxyl groups excluding tert-OH is 1. The number of halogens is 1. The van der Waals surface area contributed by atoms with E-state index in [9.17, 15) is 5.11 Å². The average Bonchev–Trinajstić information content (AvgIpc) is 2.81. The number of rotatable bonds is 4. The highest BCUT2D eigenvalue weighted by molar-refractivity contribution is 6.30. The van der Waals surface area contributed by atoms with Gasteiger partial charge in [-0.2, -0.15) is 0 Å². The molecule has 0 fully saturated rings. The van der Waals surface area contributed by atoms with E-state index in [1.165, 1.54) is 0 Å². The van der Waals surface area contributed by atoms with Crippen molar-refractivity contribution in [3.63, 3.8) is 0 Å². The Kier molecular flexibility index (Phi) is 3.71. The smallest absolute Gasteiger partial charge is 0.124 e. The van der Waals surface area contributed by atoms with Gasteiger partial charge in [-0.05, 0) is 29.8 Å². The van der Waals surface area contributed by atoms with Crippen LogP contribution in [0, 0.1) is 0 Å². The lowest BCUT2D eigenvalue weighted by atomic mass is 10.0. The number of hydrogen-bond donors (Lipinski definition) is 1. The number of hydrogen-bond acceptors (Lipinski definition) is 3. The van der Waals surface area contributed by atoms with Crippen molar-refractivity contribution in [1.29, 1.82) is 0 Å².